The largest absolute Gasteiger partial charge is 0.299 e. The van der Waals surface area contributed by atoms with Gasteiger partial charge in [0.05, 0.1) is 11.2 Å². The number of nitrogens with one attached hydrogen (secondary N) is 1. The van der Waals surface area contributed by atoms with Gasteiger partial charge < -0.3 is 0 Å². The predicted octanol–water partition coefficient (Wildman–Crippen LogP) is 3.87. The highest BCUT2D eigenvalue weighted by Gasteiger charge is 2.13. The minimum atomic E-state index is -0.535. The minimum Gasteiger partial charge on any atom is -0.299 e. The van der Waals surface area contributed by atoms with Gasteiger partial charge in [0, 0.05) is 30.9 Å². The minimum absolute atomic E-state index is 0.535. The van der Waals surface area contributed by atoms with Crippen molar-refractivity contribution in [1.29, 1.82) is 0 Å². The van der Waals surface area contributed by atoms with Gasteiger partial charge in [0.25, 0.3) is 5.91 Å². The Hall–Kier alpha value is -2.96. The monoisotopic (exact) mass is 406 g/mol. The molecule has 0 saturated carbocycles. The van der Waals surface area contributed by atoms with Gasteiger partial charge in [0.2, 0.25) is 0 Å². The van der Waals surface area contributed by atoms with Crippen molar-refractivity contribution in [2.75, 3.05) is 13.1 Å². The van der Waals surface area contributed by atoms with Crippen LogP contribution < -0.4 is 5.48 Å². The molecule has 6 nitrogen and oxygen atoms in total. The molecule has 0 aliphatic heterocycles. The Labute approximate surface area is 177 Å². The molecule has 30 heavy (non-hydrogen) atoms. The summed E-state index contributed by atoms with van der Waals surface area (Å²) in [6, 6.07) is 14.4. The number of carbonyl (C=O) groups is 1. The van der Waals surface area contributed by atoms with E-state index in [1.165, 1.54) is 28.4 Å². The molecule has 0 fully saturated rings. The molecule has 3 rings (SSSR count). The Bertz CT molecular complexity index is 992. The van der Waals surface area contributed by atoms with Gasteiger partial charge in [-0.15, -0.1) is 0 Å². The maximum absolute atomic E-state index is 11.1. The first-order valence-corrected chi connectivity index (χ1v) is 10.5. The second kappa shape index (κ2) is 10.7. The second-order valence-corrected chi connectivity index (χ2v) is 7.39. The Morgan fingerprint density at radius 1 is 1.17 bits per heavy atom. The fraction of sp³-hybridized carbons (Fsp3) is 0.333. The molecule has 2 heterocycles. The third-order valence-corrected chi connectivity index (χ3v) is 5.20. The van der Waals surface area contributed by atoms with Gasteiger partial charge in [0.1, 0.15) is 0 Å². The Kier molecular flexibility index (Phi) is 7.76. The highest BCUT2D eigenvalue weighted by atomic mass is 16.5. The lowest BCUT2D eigenvalue weighted by molar-refractivity contribution is -0.124. The molecule has 0 aliphatic rings. The molecule has 6 heteroatoms. The fourth-order valence-corrected chi connectivity index (χ4v) is 3.71. The number of nitrogens with zero attached hydrogens (tertiary/aromatic N) is 3. The fourth-order valence-electron chi connectivity index (χ4n) is 3.71. The number of pyridine rings is 1. The lowest BCUT2D eigenvalue weighted by atomic mass is 10.1. The summed E-state index contributed by atoms with van der Waals surface area (Å²) < 4.78 is 1.99. The molecular formula is C24H30N4O2. The van der Waals surface area contributed by atoms with Crippen LogP contribution in [0.5, 0.6) is 0 Å². The van der Waals surface area contributed by atoms with Crippen LogP contribution in [0.15, 0.2) is 54.7 Å². The molecule has 0 aliphatic carbocycles. The Morgan fingerprint density at radius 2 is 1.97 bits per heavy atom. The van der Waals surface area contributed by atoms with E-state index < -0.39 is 5.91 Å². The number of benzene rings is 1. The van der Waals surface area contributed by atoms with E-state index in [9.17, 15) is 4.79 Å². The van der Waals surface area contributed by atoms with E-state index in [1.54, 1.807) is 11.6 Å². The van der Waals surface area contributed by atoms with Gasteiger partial charge in [-0.05, 0) is 55.1 Å². The average Bonchev–Trinajstić information content (AvgIpc) is 3.14. The van der Waals surface area contributed by atoms with E-state index in [2.05, 4.69) is 43.0 Å². The van der Waals surface area contributed by atoms with E-state index in [-0.39, 0.29) is 0 Å². The van der Waals surface area contributed by atoms with Crippen LogP contribution in [-0.2, 0) is 24.2 Å². The number of carbonyl (C=O) groups excluding carboxylic acids is 1. The second-order valence-electron chi connectivity index (χ2n) is 7.39. The molecule has 1 aromatic carbocycles. The molecule has 3 aromatic rings. The summed E-state index contributed by atoms with van der Waals surface area (Å²) in [6.07, 6.45) is 8.02. The van der Waals surface area contributed by atoms with Crippen molar-refractivity contribution in [3.05, 3.63) is 77.1 Å². The summed E-state index contributed by atoms with van der Waals surface area (Å²) in [6.45, 7) is 7.28. The average molecular weight is 407 g/mol. The van der Waals surface area contributed by atoms with Crippen LogP contribution in [0.3, 0.4) is 0 Å². The van der Waals surface area contributed by atoms with Crippen LogP contribution >= 0.6 is 0 Å². The van der Waals surface area contributed by atoms with Crippen LogP contribution in [0.1, 0.15) is 42.7 Å². The Morgan fingerprint density at radius 3 is 2.67 bits per heavy atom. The molecule has 1 amide bonds. The summed E-state index contributed by atoms with van der Waals surface area (Å²) in [5.74, 6) is -0.535. The zero-order valence-corrected chi connectivity index (χ0v) is 17.7. The standard InChI is InChI=1S/C24H30N4O2/c1-3-15-27(18-20-10-8-19(9-11-20)12-13-24(29)26-30)17-14-21-22(4-2)25-28-16-6-5-7-23(21)28/h5-13,16,30H,3-4,14-15,17-18H2,1-2H3,(H,26,29)/b13-12+. The first kappa shape index (κ1) is 21.7. The van der Waals surface area contributed by atoms with Crippen molar-refractivity contribution in [3.8, 4) is 0 Å². The molecule has 0 atom stereocenters. The van der Waals surface area contributed by atoms with Gasteiger partial charge in [-0.3, -0.25) is 14.9 Å². The van der Waals surface area contributed by atoms with Crippen molar-refractivity contribution in [2.24, 2.45) is 0 Å². The van der Waals surface area contributed by atoms with E-state index >= 15 is 0 Å². The summed E-state index contributed by atoms with van der Waals surface area (Å²) in [5.41, 5.74) is 7.48. The van der Waals surface area contributed by atoms with E-state index in [4.69, 9.17) is 10.3 Å². The summed E-state index contributed by atoms with van der Waals surface area (Å²) in [4.78, 5) is 13.6. The molecule has 0 unspecified atom stereocenters. The lowest BCUT2D eigenvalue weighted by Crippen LogP contribution is -2.26. The van der Waals surface area contributed by atoms with Crippen molar-refractivity contribution in [1.82, 2.24) is 20.0 Å². The number of hydroxylamine groups is 1. The number of amides is 1. The maximum Gasteiger partial charge on any atom is 0.267 e. The zero-order valence-electron chi connectivity index (χ0n) is 17.7. The van der Waals surface area contributed by atoms with Crippen LogP contribution in [0, 0.1) is 0 Å². The smallest absolute Gasteiger partial charge is 0.267 e. The maximum atomic E-state index is 11.1. The molecule has 0 radical (unpaired) electrons. The zero-order chi connectivity index (χ0) is 21.3. The quantitative estimate of drug-likeness (QED) is 0.305. The van der Waals surface area contributed by atoms with E-state index in [0.29, 0.717) is 0 Å². The number of aromatic nitrogens is 2. The van der Waals surface area contributed by atoms with Crippen LogP contribution in [0.4, 0.5) is 0 Å². The number of hydrogen-bond acceptors (Lipinski definition) is 4. The molecule has 2 aromatic heterocycles. The van der Waals surface area contributed by atoms with Gasteiger partial charge in [-0.2, -0.15) is 5.10 Å². The van der Waals surface area contributed by atoms with Crippen LogP contribution in [0.2, 0.25) is 0 Å². The van der Waals surface area contributed by atoms with E-state index in [1.807, 2.05) is 28.9 Å². The van der Waals surface area contributed by atoms with Crippen molar-refractivity contribution in [3.63, 3.8) is 0 Å². The van der Waals surface area contributed by atoms with Crippen LogP contribution in [0.25, 0.3) is 11.6 Å². The number of rotatable bonds is 10. The molecule has 2 N–H and O–H groups in total. The third-order valence-electron chi connectivity index (χ3n) is 5.20. The lowest BCUT2D eigenvalue weighted by Gasteiger charge is -2.22. The normalized spacial score (nSPS) is 11.6. The molecule has 158 valence electrons. The third kappa shape index (κ3) is 5.55. The van der Waals surface area contributed by atoms with Gasteiger partial charge in [-0.1, -0.05) is 44.2 Å². The van der Waals surface area contributed by atoms with Gasteiger partial charge >= 0.3 is 0 Å². The van der Waals surface area contributed by atoms with Crippen LogP contribution in [-0.4, -0.2) is 38.7 Å². The summed E-state index contributed by atoms with van der Waals surface area (Å²) in [7, 11) is 0. The summed E-state index contributed by atoms with van der Waals surface area (Å²) in [5, 5.41) is 13.3. The number of aryl methyl sites for hydroxylation is 1. The van der Waals surface area contributed by atoms with Crippen molar-refractivity contribution < 1.29 is 10.0 Å². The first-order valence-electron chi connectivity index (χ1n) is 10.5. The SMILES string of the molecule is CCCN(CCc1c(CC)nn2ccccc12)Cc1ccc(/C=C/C(=O)NO)cc1. The van der Waals surface area contributed by atoms with Crippen molar-refractivity contribution in [2.45, 2.75) is 39.7 Å². The van der Waals surface area contributed by atoms with Gasteiger partial charge in [0.15, 0.2) is 0 Å². The topological polar surface area (TPSA) is 69.9 Å². The number of fused-ring (bicyclic) bond motifs is 1. The molecule has 0 spiro atoms. The number of hydrogen-bond donors (Lipinski definition) is 2. The highest BCUT2D eigenvalue weighted by Crippen LogP contribution is 2.18. The first-order chi connectivity index (χ1) is 14.6. The Balaban J connectivity index is 1.67. The van der Waals surface area contributed by atoms with Crippen molar-refractivity contribution >= 4 is 17.5 Å². The van der Waals surface area contributed by atoms with Gasteiger partial charge in [-0.25, -0.2) is 10.00 Å². The highest BCUT2D eigenvalue weighted by molar-refractivity contribution is 5.90. The predicted molar refractivity (Wildman–Crippen MR) is 119 cm³/mol. The molecule has 0 saturated heterocycles. The summed E-state index contributed by atoms with van der Waals surface area (Å²) >= 11 is 0. The molecular weight excluding hydrogens is 376 g/mol. The molecule has 0 bridgehead atoms. The van der Waals surface area contributed by atoms with E-state index in [0.717, 1.165) is 44.5 Å².